The normalized spacial score (nSPS) is 22.7. The number of hydrogen-bond donors (Lipinski definition) is 2. The molecule has 2 fully saturated rings. The maximum absolute atomic E-state index is 12.6. The molecule has 2 saturated heterocycles. The Labute approximate surface area is 144 Å². The van der Waals surface area contributed by atoms with Gasteiger partial charge < -0.3 is 15.0 Å². The third-order valence-electron chi connectivity index (χ3n) is 4.32. The number of likely N-dealkylation sites (tertiary alicyclic amines) is 1. The van der Waals surface area contributed by atoms with Crippen LogP contribution in [0, 0.1) is 5.92 Å². The fraction of sp³-hybridized carbons (Fsp3) is 0.571. The SMILES string of the molecule is O=C(O)C1CCN(C(=O)c2cc(S(=O)(=O)N3CCSCC3)c[nH]2)C1. The lowest BCUT2D eigenvalue weighted by molar-refractivity contribution is -0.141. The molecule has 1 unspecified atom stereocenters. The molecule has 10 heteroatoms. The van der Waals surface area contributed by atoms with Crippen LogP contribution in [0.1, 0.15) is 16.9 Å². The average molecular weight is 373 g/mol. The zero-order valence-electron chi connectivity index (χ0n) is 13.0. The van der Waals surface area contributed by atoms with Crippen LogP contribution in [-0.4, -0.2) is 77.3 Å². The number of aromatic amines is 1. The summed E-state index contributed by atoms with van der Waals surface area (Å²) in [6.07, 6.45) is 1.74. The highest BCUT2D eigenvalue weighted by Crippen LogP contribution is 2.23. The summed E-state index contributed by atoms with van der Waals surface area (Å²) in [5, 5.41) is 9.01. The van der Waals surface area contributed by atoms with Crippen molar-refractivity contribution < 1.29 is 23.1 Å². The summed E-state index contributed by atoms with van der Waals surface area (Å²) in [4.78, 5) is 27.6. The molecule has 0 aliphatic carbocycles. The Balaban J connectivity index is 1.73. The summed E-state index contributed by atoms with van der Waals surface area (Å²) in [6, 6.07) is 1.34. The van der Waals surface area contributed by atoms with Crippen molar-refractivity contribution in [2.75, 3.05) is 37.7 Å². The van der Waals surface area contributed by atoms with Gasteiger partial charge in [0.05, 0.1) is 5.92 Å². The first kappa shape index (κ1) is 17.3. The van der Waals surface area contributed by atoms with Crippen LogP contribution in [-0.2, 0) is 14.8 Å². The van der Waals surface area contributed by atoms with E-state index in [0.29, 0.717) is 26.1 Å². The van der Waals surface area contributed by atoms with Crippen LogP contribution in [0.25, 0.3) is 0 Å². The Bertz CT molecular complexity index is 739. The van der Waals surface area contributed by atoms with Crippen molar-refractivity contribution in [3.63, 3.8) is 0 Å². The number of carbonyl (C=O) groups is 2. The van der Waals surface area contributed by atoms with E-state index in [-0.39, 0.29) is 23.0 Å². The largest absolute Gasteiger partial charge is 0.481 e. The van der Waals surface area contributed by atoms with Crippen molar-refractivity contribution in [3.8, 4) is 0 Å². The van der Waals surface area contributed by atoms with E-state index < -0.39 is 21.9 Å². The number of nitrogens with zero attached hydrogens (tertiary/aromatic N) is 2. The third kappa shape index (κ3) is 3.31. The molecule has 1 atom stereocenters. The van der Waals surface area contributed by atoms with E-state index in [1.54, 1.807) is 11.8 Å². The average Bonchev–Trinajstić information content (AvgIpc) is 3.25. The number of aromatic nitrogens is 1. The number of H-pyrrole nitrogens is 1. The first-order chi connectivity index (χ1) is 11.4. The van der Waals surface area contributed by atoms with Gasteiger partial charge in [0.15, 0.2) is 0 Å². The number of amides is 1. The van der Waals surface area contributed by atoms with Crippen LogP contribution in [0.2, 0.25) is 0 Å². The van der Waals surface area contributed by atoms with Crippen LogP contribution in [0.5, 0.6) is 0 Å². The van der Waals surface area contributed by atoms with Crippen molar-refractivity contribution in [1.82, 2.24) is 14.2 Å². The molecule has 3 heterocycles. The Morgan fingerprint density at radius 3 is 2.58 bits per heavy atom. The molecule has 0 bridgehead atoms. The molecule has 1 aromatic heterocycles. The molecule has 2 N–H and O–H groups in total. The predicted molar refractivity (Wildman–Crippen MR) is 88.5 cm³/mol. The highest BCUT2D eigenvalue weighted by Gasteiger charge is 2.33. The highest BCUT2D eigenvalue weighted by molar-refractivity contribution is 7.99. The van der Waals surface area contributed by atoms with Gasteiger partial charge >= 0.3 is 5.97 Å². The van der Waals surface area contributed by atoms with E-state index >= 15 is 0 Å². The molecule has 0 radical (unpaired) electrons. The van der Waals surface area contributed by atoms with Gasteiger partial charge in [-0.1, -0.05) is 0 Å². The van der Waals surface area contributed by atoms with Crippen molar-refractivity contribution in [2.24, 2.45) is 5.92 Å². The second kappa shape index (κ2) is 6.77. The van der Waals surface area contributed by atoms with Gasteiger partial charge in [0.25, 0.3) is 5.91 Å². The molecule has 1 amide bonds. The van der Waals surface area contributed by atoms with Gasteiger partial charge in [0.1, 0.15) is 10.6 Å². The van der Waals surface area contributed by atoms with Crippen molar-refractivity contribution >= 4 is 33.7 Å². The van der Waals surface area contributed by atoms with Crippen molar-refractivity contribution in [1.29, 1.82) is 0 Å². The number of nitrogens with one attached hydrogen (secondary N) is 1. The standard InChI is InChI=1S/C14H19N3O5S2/c18-13(16-2-1-10(9-16)14(19)20)12-7-11(8-15-12)24(21,22)17-3-5-23-6-4-17/h7-8,10,15H,1-6,9H2,(H,19,20). The molecular weight excluding hydrogens is 354 g/mol. The molecule has 24 heavy (non-hydrogen) atoms. The minimum atomic E-state index is -3.60. The maximum atomic E-state index is 12.6. The number of aliphatic carboxylic acids is 1. The fourth-order valence-electron chi connectivity index (χ4n) is 2.90. The van der Waals surface area contributed by atoms with Crippen LogP contribution in [0.4, 0.5) is 0 Å². The van der Waals surface area contributed by atoms with E-state index in [2.05, 4.69) is 4.98 Å². The maximum Gasteiger partial charge on any atom is 0.308 e. The quantitative estimate of drug-likeness (QED) is 0.785. The predicted octanol–water partition coefficient (Wildman–Crippen LogP) is 0.299. The van der Waals surface area contributed by atoms with Gasteiger partial charge in [-0.2, -0.15) is 16.1 Å². The minimum absolute atomic E-state index is 0.0757. The number of thioether (sulfide) groups is 1. The molecule has 2 aliphatic heterocycles. The van der Waals surface area contributed by atoms with Gasteiger partial charge in [-0.3, -0.25) is 9.59 Å². The first-order valence-corrected chi connectivity index (χ1v) is 10.3. The van der Waals surface area contributed by atoms with Crippen molar-refractivity contribution in [2.45, 2.75) is 11.3 Å². The Morgan fingerprint density at radius 2 is 1.96 bits per heavy atom. The summed E-state index contributed by atoms with van der Waals surface area (Å²) < 4.78 is 26.6. The molecular formula is C14H19N3O5S2. The Kier molecular flexibility index (Phi) is 4.88. The van der Waals surface area contributed by atoms with E-state index in [1.807, 2.05) is 0 Å². The monoisotopic (exact) mass is 373 g/mol. The number of carboxylic acid groups (broad SMARTS) is 1. The topological polar surface area (TPSA) is 111 Å². The summed E-state index contributed by atoms with van der Waals surface area (Å²) in [6.45, 7) is 1.45. The first-order valence-electron chi connectivity index (χ1n) is 7.68. The third-order valence-corrected chi connectivity index (χ3v) is 7.14. The Morgan fingerprint density at radius 1 is 1.25 bits per heavy atom. The number of carbonyl (C=O) groups excluding carboxylic acids is 1. The lowest BCUT2D eigenvalue weighted by Crippen LogP contribution is -2.37. The zero-order chi connectivity index (χ0) is 17.3. The van der Waals surface area contributed by atoms with E-state index in [0.717, 1.165) is 11.5 Å². The van der Waals surface area contributed by atoms with Crippen LogP contribution < -0.4 is 0 Å². The summed E-state index contributed by atoms with van der Waals surface area (Å²) >= 11 is 1.72. The van der Waals surface area contributed by atoms with Gasteiger partial charge in [0, 0.05) is 43.9 Å². The van der Waals surface area contributed by atoms with Crippen molar-refractivity contribution in [3.05, 3.63) is 18.0 Å². The highest BCUT2D eigenvalue weighted by atomic mass is 32.2. The smallest absolute Gasteiger partial charge is 0.308 e. The van der Waals surface area contributed by atoms with Crippen LogP contribution >= 0.6 is 11.8 Å². The molecule has 1 aromatic rings. The van der Waals surface area contributed by atoms with Crippen LogP contribution in [0.3, 0.4) is 0 Å². The molecule has 0 aromatic carbocycles. The van der Waals surface area contributed by atoms with Gasteiger partial charge in [0.2, 0.25) is 10.0 Å². The number of hydrogen-bond acceptors (Lipinski definition) is 5. The molecule has 8 nitrogen and oxygen atoms in total. The minimum Gasteiger partial charge on any atom is -0.481 e. The zero-order valence-corrected chi connectivity index (χ0v) is 14.6. The Hall–Kier alpha value is -1.52. The number of rotatable bonds is 4. The number of carboxylic acids is 1. The fourth-order valence-corrected chi connectivity index (χ4v) is 5.47. The van der Waals surface area contributed by atoms with E-state index in [1.165, 1.54) is 21.5 Å². The van der Waals surface area contributed by atoms with Gasteiger partial charge in [-0.05, 0) is 12.5 Å². The van der Waals surface area contributed by atoms with E-state index in [9.17, 15) is 18.0 Å². The molecule has 132 valence electrons. The molecule has 0 saturated carbocycles. The summed E-state index contributed by atoms with van der Waals surface area (Å²) in [5.74, 6) is -0.310. The lowest BCUT2D eigenvalue weighted by atomic mass is 10.1. The number of sulfonamides is 1. The second-order valence-electron chi connectivity index (χ2n) is 5.84. The lowest BCUT2D eigenvalue weighted by Gasteiger charge is -2.24. The van der Waals surface area contributed by atoms with Gasteiger partial charge in [-0.25, -0.2) is 8.42 Å². The summed E-state index contributed by atoms with van der Waals surface area (Å²) in [5.41, 5.74) is 0.172. The van der Waals surface area contributed by atoms with Gasteiger partial charge in [-0.15, -0.1) is 0 Å². The molecule has 0 spiro atoms. The molecule has 2 aliphatic rings. The van der Waals surface area contributed by atoms with E-state index in [4.69, 9.17) is 5.11 Å². The summed E-state index contributed by atoms with van der Waals surface area (Å²) in [7, 11) is -3.60. The van der Waals surface area contributed by atoms with Crippen LogP contribution in [0.15, 0.2) is 17.2 Å². The molecule has 3 rings (SSSR count). The second-order valence-corrected chi connectivity index (χ2v) is 9.00.